The molecule has 0 aromatic heterocycles. The summed E-state index contributed by atoms with van der Waals surface area (Å²) in [6.45, 7) is 5.48. The topological polar surface area (TPSA) is 58.2 Å². The fourth-order valence-electron chi connectivity index (χ4n) is 3.26. The van der Waals surface area contributed by atoms with Gasteiger partial charge < -0.3 is 10.6 Å². The summed E-state index contributed by atoms with van der Waals surface area (Å²) in [5, 5.41) is 10.5. The first-order valence-electron chi connectivity index (χ1n) is 8.12. The van der Waals surface area contributed by atoms with Crippen LogP contribution in [-0.4, -0.2) is 52.8 Å². The van der Waals surface area contributed by atoms with E-state index in [2.05, 4.69) is 46.2 Å². The summed E-state index contributed by atoms with van der Waals surface area (Å²) in [6.07, 6.45) is -0.372. The van der Waals surface area contributed by atoms with Crippen LogP contribution in [0.3, 0.4) is 0 Å². The fourth-order valence-corrected chi connectivity index (χ4v) is 3.39. The molecule has 1 saturated heterocycles. The summed E-state index contributed by atoms with van der Waals surface area (Å²) in [7, 11) is 0. The monoisotopic (exact) mass is 420 g/mol. The maximum absolute atomic E-state index is 9.76. The largest absolute Gasteiger partial charge is 0.412 e. The van der Waals surface area contributed by atoms with Gasteiger partial charge in [-0.2, -0.15) is 0 Å². The number of rotatable bonds is 4. The Morgan fingerprint density at radius 1 is 0.808 bits per heavy atom. The van der Waals surface area contributed by atoms with Crippen molar-refractivity contribution in [3.8, 4) is 0 Å². The highest BCUT2D eigenvalue weighted by Gasteiger charge is 2.27. The van der Waals surface area contributed by atoms with E-state index >= 15 is 0 Å². The van der Waals surface area contributed by atoms with Gasteiger partial charge in [0.25, 0.3) is 0 Å². The lowest BCUT2D eigenvalue weighted by atomic mass is 9.96. The molecule has 0 bridgehead atoms. The smallest absolute Gasteiger partial charge is 0.104 e. The molecular formula is C19H27Cl3N2O2. The van der Waals surface area contributed by atoms with Gasteiger partial charge in [-0.05, 0) is 30.2 Å². The summed E-state index contributed by atoms with van der Waals surface area (Å²) in [6, 6.07) is 19.0. The predicted molar refractivity (Wildman–Crippen MR) is 113 cm³/mol. The van der Waals surface area contributed by atoms with Crippen molar-refractivity contribution in [3.05, 3.63) is 70.7 Å². The number of nitrogens with zero attached hydrogens (tertiary/aromatic N) is 2. The fraction of sp³-hybridized carbons (Fsp3) is 0.368. The molecule has 0 aliphatic carbocycles. The molecule has 3 rings (SSSR count). The number of benzene rings is 2. The Hall–Kier alpha value is -0.850. The molecule has 2 aromatic rings. The number of hydrogen-bond donors (Lipinski definition) is 1. The zero-order valence-corrected chi connectivity index (χ0v) is 17.1. The van der Waals surface area contributed by atoms with Crippen LogP contribution in [0.4, 0.5) is 0 Å². The van der Waals surface area contributed by atoms with E-state index in [-0.39, 0.29) is 42.6 Å². The molecule has 146 valence electrons. The molecule has 0 radical (unpaired) electrons. The van der Waals surface area contributed by atoms with Crippen LogP contribution in [0.15, 0.2) is 54.6 Å². The Morgan fingerprint density at radius 2 is 1.27 bits per heavy atom. The van der Waals surface area contributed by atoms with Crippen LogP contribution in [0, 0.1) is 0 Å². The quantitative estimate of drug-likeness (QED) is 0.823. The lowest BCUT2D eigenvalue weighted by Crippen LogP contribution is -2.50. The zero-order chi connectivity index (χ0) is 16.2. The second kappa shape index (κ2) is 11.8. The molecule has 3 N–H and O–H groups in total. The van der Waals surface area contributed by atoms with Crippen LogP contribution in [0.1, 0.15) is 24.1 Å². The molecule has 0 spiro atoms. The normalized spacial score (nSPS) is 17.2. The first kappa shape index (κ1) is 25.1. The molecule has 1 aliphatic rings. The standard InChI is InChI=1S/C19H23ClN2O.2ClH.H2O/c1-15(23)21-11-13-22(14-12-21)19(16-5-3-2-4-6-16)17-7-9-18(20)10-8-17;;;/h2-10,15,19,23H,11-14H2,1H3;2*1H;1H2. The van der Waals surface area contributed by atoms with E-state index in [4.69, 9.17) is 11.6 Å². The van der Waals surface area contributed by atoms with Crippen LogP contribution < -0.4 is 0 Å². The van der Waals surface area contributed by atoms with E-state index in [0.29, 0.717) is 0 Å². The van der Waals surface area contributed by atoms with Gasteiger partial charge in [0.2, 0.25) is 0 Å². The van der Waals surface area contributed by atoms with Crippen molar-refractivity contribution < 1.29 is 10.6 Å². The molecule has 4 nitrogen and oxygen atoms in total. The third-order valence-corrected chi connectivity index (χ3v) is 4.80. The molecule has 7 heteroatoms. The maximum Gasteiger partial charge on any atom is 0.104 e. The lowest BCUT2D eigenvalue weighted by Gasteiger charge is -2.40. The van der Waals surface area contributed by atoms with Gasteiger partial charge in [0.05, 0.1) is 6.04 Å². The third kappa shape index (κ3) is 6.10. The van der Waals surface area contributed by atoms with E-state index < -0.39 is 0 Å². The highest BCUT2D eigenvalue weighted by Crippen LogP contribution is 2.30. The van der Waals surface area contributed by atoms with Crippen molar-refractivity contribution >= 4 is 36.4 Å². The van der Waals surface area contributed by atoms with Crippen molar-refractivity contribution in [1.29, 1.82) is 0 Å². The Balaban J connectivity index is 0.00000208. The molecule has 0 saturated carbocycles. The summed E-state index contributed by atoms with van der Waals surface area (Å²) >= 11 is 6.05. The Bertz CT molecular complexity index is 618. The molecule has 1 heterocycles. The van der Waals surface area contributed by atoms with Gasteiger partial charge in [-0.1, -0.05) is 54.1 Å². The molecule has 1 fully saturated rings. The van der Waals surface area contributed by atoms with Gasteiger partial charge in [-0.25, -0.2) is 0 Å². The highest BCUT2D eigenvalue weighted by molar-refractivity contribution is 6.30. The predicted octanol–water partition coefficient (Wildman–Crippen LogP) is 3.40. The zero-order valence-electron chi connectivity index (χ0n) is 14.7. The SMILES string of the molecule is CC(O)N1CCN(C(c2ccccc2)c2ccc(Cl)cc2)CC1.Cl.Cl.O. The van der Waals surface area contributed by atoms with Crippen LogP contribution in [-0.2, 0) is 0 Å². The van der Waals surface area contributed by atoms with E-state index in [9.17, 15) is 5.11 Å². The van der Waals surface area contributed by atoms with Crippen molar-refractivity contribution in [2.45, 2.75) is 19.2 Å². The Morgan fingerprint density at radius 3 is 1.77 bits per heavy atom. The minimum Gasteiger partial charge on any atom is -0.412 e. The van der Waals surface area contributed by atoms with Crippen LogP contribution in [0.25, 0.3) is 0 Å². The minimum absolute atomic E-state index is 0. The van der Waals surface area contributed by atoms with Crippen LogP contribution >= 0.6 is 36.4 Å². The Labute approximate surface area is 172 Å². The van der Waals surface area contributed by atoms with Crippen LogP contribution in [0.2, 0.25) is 5.02 Å². The second-order valence-electron chi connectivity index (χ2n) is 6.07. The molecule has 2 unspecified atom stereocenters. The lowest BCUT2D eigenvalue weighted by molar-refractivity contribution is -0.0182. The number of hydrogen-bond acceptors (Lipinski definition) is 3. The summed E-state index contributed by atoms with van der Waals surface area (Å²) in [5.41, 5.74) is 2.55. The number of halogens is 3. The van der Waals surface area contributed by atoms with Gasteiger partial charge >= 0.3 is 0 Å². The van der Waals surface area contributed by atoms with Gasteiger partial charge in [0.15, 0.2) is 0 Å². The van der Waals surface area contributed by atoms with Gasteiger partial charge in [-0.15, -0.1) is 24.8 Å². The van der Waals surface area contributed by atoms with E-state index in [1.165, 1.54) is 11.1 Å². The maximum atomic E-state index is 9.76. The molecule has 0 amide bonds. The summed E-state index contributed by atoms with van der Waals surface area (Å²) in [5.74, 6) is 0. The van der Waals surface area contributed by atoms with Gasteiger partial charge in [-0.3, -0.25) is 9.80 Å². The second-order valence-corrected chi connectivity index (χ2v) is 6.51. The summed E-state index contributed by atoms with van der Waals surface area (Å²) in [4.78, 5) is 4.60. The molecular weight excluding hydrogens is 395 g/mol. The highest BCUT2D eigenvalue weighted by atomic mass is 35.5. The molecule has 2 atom stereocenters. The van der Waals surface area contributed by atoms with E-state index in [1.54, 1.807) is 0 Å². The number of aliphatic hydroxyl groups excluding tert-OH is 1. The Kier molecular flexibility index (Phi) is 11.4. The molecule has 2 aromatic carbocycles. The minimum atomic E-state index is -0.372. The first-order chi connectivity index (χ1) is 11.1. The van der Waals surface area contributed by atoms with Gasteiger partial charge in [0, 0.05) is 31.2 Å². The average molecular weight is 422 g/mol. The van der Waals surface area contributed by atoms with Gasteiger partial charge in [0.1, 0.15) is 6.23 Å². The van der Waals surface area contributed by atoms with Crippen molar-refractivity contribution in [2.75, 3.05) is 26.2 Å². The number of piperazine rings is 1. The third-order valence-electron chi connectivity index (χ3n) is 4.54. The average Bonchev–Trinajstić information content (AvgIpc) is 2.58. The van der Waals surface area contributed by atoms with E-state index in [1.807, 2.05) is 25.1 Å². The van der Waals surface area contributed by atoms with Crippen molar-refractivity contribution in [2.24, 2.45) is 0 Å². The molecule has 26 heavy (non-hydrogen) atoms. The number of aliphatic hydroxyl groups is 1. The van der Waals surface area contributed by atoms with Crippen molar-refractivity contribution in [3.63, 3.8) is 0 Å². The first-order valence-corrected chi connectivity index (χ1v) is 8.49. The van der Waals surface area contributed by atoms with Crippen LogP contribution in [0.5, 0.6) is 0 Å². The summed E-state index contributed by atoms with van der Waals surface area (Å²) < 4.78 is 0. The van der Waals surface area contributed by atoms with Crippen molar-refractivity contribution in [1.82, 2.24) is 9.80 Å². The van der Waals surface area contributed by atoms with E-state index in [0.717, 1.165) is 31.2 Å². The molecule has 1 aliphatic heterocycles.